The fraction of sp³-hybridized carbons (Fsp3) is 0.320. The smallest absolute Gasteiger partial charge is 0.225 e. The highest BCUT2D eigenvalue weighted by atomic mass is 19.1. The lowest BCUT2D eigenvalue weighted by Gasteiger charge is -2.32. The van der Waals surface area contributed by atoms with Crippen LogP contribution >= 0.6 is 0 Å². The van der Waals surface area contributed by atoms with Gasteiger partial charge in [0.1, 0.15) is 11.9 Å². The summed E-state index contributed by atoms with van der Waals surface area (Å²) >= 11 is 0. The normalized spacial score (nSPS) is 18.0. The van der Waals surface area contributed by atoms with Crippen LogP contribution in [0.1, 0.15) is 17.5 Å². The third kappa shape index (κ3) is 4.74. The number of hydrogen-bond acceptors (Lipinski definition) is 10. The van der Waals surface area contributed by atoms with Crippen LogP contribution in [0, 0.1) is 17.1 Å². The quantitative estimate of drug-likeness (QED) is 0.436. The number of rotatable bonds is 5. The minimum Gasteiger partial charge on any atom is -0.373 e. The number of halogens is 1. The molecule has 3 aromatic heterocycles. The SMILES string of the molecule is N#Cc1cc(-c2cnc3nnn(C[C@H]4CN(c5ncc(C6=CCNCC6)cn5)CCO4)c3n2)ccc1F. The molecule has 1 aromatic carbocycles. The zero-order chi connectivity index (χ0) is 25.2. The second-order valence-corrected chi connectivity index (χ2v) is 8.87. The Balaban J connectivity index is 1.19. The van der Waals surface area contributed by atoms with Crippen molar-refractivity contribution in [2.24, 2.45) is 0 Å². The minimum atomic E-state index is -0.576. The Kier molecular flexibility index (Phi) is 6.21. The monoisotopic (exact) mass is 498 g/mol. The number of ether oxygens (including phenoxy) is 1. The molecule has 1 fully saturated rings. The zero-order valence-electron chi connectivity index (χ0n) is 19.9. The number of aromatic nitrogens is 7. The molecular weight excluding hydrogens is 475 g/mol. The molecule has 1 saturated heterocycles. The van der Waals surface area contributed by atoms with Gasteiger partial charge in [-0.15, -0.1) is 5.10 Å². The Morgan fingerprint density at radius 3 is 2.86 bits per heavy atom. The number of hydrogen-bond donors (Lipinski definition) is 1. The first-order valence-electron chi connectivity index (χ1n) is 12.0. The lowest BCUT2D eigenvalue weighted by molar-refractivity contribution is 0.0273. The Hall–Kier alpha value is -4.34. The van der Waals surface area contributed by atoms with Gasteiger partial charge in [0, 0.05) is 43.2 Å². The van der Waals surface area contributed by atoms with Crippen molar-refractivity contribution in [2.75, 3.05) is 37.7 Å². The summed E-state index contributed by atoms with van der Waals surface area (Å²) in [6.45, 7) is 4.06. The minimum absolute atomic E-state index is 0.0514. The standard InChI is InChI=1S/C25H23FN10O/c26-21-2-1-17(9-18(21)10-27)22-13-29-23-24(32-22)36(34-33-23)15-20-14-35(7-8-37-20)25-30-11-19(12-31-25)16-3-5-28-6-4-16/h1-3,9,11-13,20,28H,4-8,14-15H2/t20-/m1/s1. The lowest BCUT2D eigenvalue weighted by atomic mass is 10.0. The van der Waals surface area contributed by atoms with E-state index in [1.54, 1.807) is 10.7 Å². The number of anilines is 1. The van der Waals surface area contributed by atoms with E-state index in [-0.39, 0.29) is 11.7 Å². The predicted octanol–water partition coefficient (Wildman–Crippen LogP) is 1.97. The van der Waals surface area contributed by atoms with E-state index in [1.807, 2.05) is 18.5 Å². The van der Waals surface area contributed by atoms with Crippen molar-refractivity contribution >= 4 is 22.8 Å². The van der Waals surface area contributed by atoms with Gasteiger partial charge < -0.3 is 15.0 Å². The summed E-state index contributed by atoms with van der Waals surface area (Å²) in [6.07, 6.45) is 8.28. The molecule has 0 aliphatic carbocycles. The van der Waals surface area contributed by atoms with Crippen LogP contribution in [0.3, 0.4) is 0 Å². The highest BCUT2D eigenvalue weighted by Crippen LogP contribution is 2.23. The molecule has 0 saturated carbocycles. The molecule has 0 amide bonds. The summed E-state index contributed by atoms with van der Waals surface area (Å²) < 4.78 is 21.4. The molecule has 0 bridgehead atoms. The van der Waals surface area contributed by atoms with E-state index in [1.165, 1.54) is 23.9 Å². The van der Waals surface area contributed by atoms with E-state index in [0.717, 1.165) is 25.1 Å². The second kappa shape index (κ2) is 9.96. The Bertz CT molecular complexity index is 1510. The first kappa shape index (κ1) is 23.1. The Morgan fingerprint density at radius 1 is 1.16 bits per heavy atom. The largest absolute Gasteiger partial charge is 0.373 e. The molecule has 1 N–H and O–H groups in total. The summed E-state index contributed by atoms with van der Waals surface area (Å²) in [5, 5.41) is 20.8. The van der Waals surface area contributed by atoms with E-state index >= 15 is 0 Å². The summed E-state index contributed by atoms with van der Waals surface area (Å²) in [6, 6.07) is 6.12. The van der Waals surface area contributed by atoms with E-state index in [2.05, 4.69) is 46.5 Å². The van der Waals surface area contributed by atoms with Crippen molar-refractivity contribution in [3.63, 3.8) is 0 Å². The van der Waals surface area contributed by atoms with Crippen molar-refractivity contribution in [1.82, 2.24) is 40.2 Å². The van der Waals surface area contributed by atoms with Gasteiger partial charge in [0.15, 0.2) is 5.65 Å². The number of benzene rings is 1. The lowest BCUT2D eigenvalue weighted by Crippen LogP contribution is -2.45. The predicted molar refractivity (Wildman–Crippen MR) is 133 cm³/mol. The van der Waals surface area contributed by atoms with Crippen LogP contribution in [0.15, 0.2) is 42.9 Å². The molecule has 1 atom stereocenters. The van der Waals surface area contributed by atoms with Gasteiger partial charge in [-0.05, 0) is 36.7 Å². The number of morpholine rings is 1. The second-order valence-electron chi connectivity index (χ2n) is 8.87. The summed E-state index contributed by atoms with van der Waals surface area (Å²) in [7, 11) is 0. The first-order valence-corrected chi connectivity index (χ1v) is 12.0. The molecule has 0 spiro atoms. The molecule has 37 heavy (non-hydrogen) atoms. The van der Waals surface area contributed by atoms with Crippen LogP contribution in [0.5, 0.6) is 0 Å². The number of nitrogens with zero attached hydrogens (tertiary/aromatic N) is 9. The van der Waals surface area contributed by atoms with Crippen LogP contribution in [0.2, 0.25) is 0 Å². The van der Waals surface area contributed by atoms with Gasteiger partial charge in [0.2, 0.25) is 11.6 Å². The van der Waals surface area contributed by atoms with Crippen LogP contribution in [0.4, 0.5) is 10.3 Å². The molecule has 2 aliphatic rings. The van der Waals surface area contributed by atoms with Crippen molar-refractivity contribution in [1.29, 1.82) is 5.26 Å². The van der Waals surface area contributed by atoms with Gasteiger partial charge in [-0.3, -0.25) is 0 Å². The Morgan fingerprint density at radius 2 is 2.05 bits per heavy atom. The van der Waals surface area contributed by atoms with E-state index in [9.17, 15) is 4.39 Å². The fourth-order valence-electron chi connectivity index (χ4n) is 4.53. The summed E-state index contributed by atoms with van der Waals surface area (Å²) in [4.78, 5) is 20.3. The van der Waals surface area contributed by atoms with Gasteiger partial charge in [-0.1, -0.05) is 11.3 Å². The van der Waals surface area contributed by atoms with E-state index in [0.29, 0.717) is 54.7 Å². The number of fused-ring (bicyclic) bond motifs is 1. The molecule has 0 unspecified atom stereocenters. The van der Waals surface area contributed by atoms with Gasteiger partial charge in [0.25, 0.3) is 0 Å². The summed E-state index contributed by atoms with van der Waals surface area (Å²) in [5.41, 5.74) is 4.23. The van der Waals surface area contributed by atoms with Crippen molar-refractivity contribution in [3.05, 3.63) is 59.8 Å². The van der Waals surface area contributed by atoms with Crippen LogP contribution in [0.25, 0.3) is 28.1 Å². The molecule has 186 valence electrons. The summed E-state index contributed by atoms with van der Waals surface area (Å²) in [5.74, 6) is 0.0923. The van der Waals surface area contributed by atoms with Gasteiger partial charge in [-0.25, -0.2) is 29.0 Å². The number of nitriles is 1. The maximum Gasteiger partial charge on any atom is 0.225 e. The molecule has 2 aliphatic heterocycles. The molecule has 0 radical (unpaired) electrons. The average molecular weight is 499 g/mol. The maximum absolute atomic E-state index is 13.8. The van der Waals surface area contributed by atoms with Crippen LogP contribution in [-0.2, 0) is 11.3 Å². The zero-order valence-corrected chi connectivity index (χ0v) is 19.9. The molecule has 4 aromatic rings. The van der Waals surface area contributed by atoms with Gasteiger partial charge in [0.05, 0.1) is 36.7 Å². The molecule has 6 rings (SSSR count). The van der Waals surface area contributed by atoms with Crippen molar-refractivity contribution < 1.29 is 9.13 Å². The molecule has 5 heterocycles. The van der Waals surface area contributed by atoms with Crippen LogP contribution < -0.4 is 10.2 Å². The van der Waals surface area contributed by atoms with Crippen molar-refractivity contribution in [3.8, 4) is 17.3 Å². The maximum atomic E-state index is 13.8. The molecular formula is C25H23FN10O. The van der Waals surface area contributed by atoms with Crippen LogP contribution in [-0.4, -0.2) is 73.8 Å². The number of nitrogens with one attached hydrogen (secondary N) is 1. The highest BCUT2D eigenvalue weighted by molar-refractivity contribution is 5.70. The molecule has 12 heteroatoms. The topological polar surface area (TPSA) is 131 Å². The molecule has 11 nitrogen and oxygen atoms in total. The van der Waals surface area contributed by atoms with Gasteiger partial charge in [-0.2, -0.15) is 5.26 Å². The third-order valence-electron chi connectivity index (χ3n) is 6.48. The van der Waals surface area contributed by atoms with E-state index < -0.39 is 5.82 Å². The van der Waals surface area contributed by atoms with Gasteiger partial charge >= 0.3 is 0 Å². The first-order chi connectivity index (χ1) is 18.2. The average Bonchev–Trinajstić information content (AvgIpc) is 3.36. The van der Waals surface area contributed by atoms with E-state index in [4.69, 9.17) is 10.00 Å². The highest BCUT2D eigenvalue weighted by Gasteiger charge is 2.24. The Labute approximate surface area is 211 Å². The van der Waals surface area contributed by atoms with Crippen molar-refractivity contribution in [2.45, 2.75) is 19.1 Å². The third-order valence-corrected chi connectivity index (χ3v) is 6.48. The fourth-order valence-corrected chi connectivity index (χ4v) is 4.53.